The summed E-state index contributed by atoms with van der Waals surface area (Å²) in [6.45, 7) is 0.793. The maximum Gasteiger partial charge on any atom is 0.245 e. The van der Waals surface area contributed by atoms with Gasteiger partial charge in [-0.1, -0.05) is 23.5 Å². The van der Waals surface area contributed by atoms with Crippen LogP contribution in [0.15, 0.2) is 24.3 Å². The van der Waals surface area contributed by atoms with E-state index in [0.717, 1.165) is 23.1 Å². The third-order valence-corrected chi connectivity index (χ3v) is 4.25. The highest BCUT2D eigenvalue weighted by molar-refractivity contribution is 7.22. The smallest absolute Gasteiger partial charge is 0.245 e. The second kappa shape index (κ2) is 5.58. The average molecular weight is 289 g/mol. The third-order valence-electron chi connectivity index (χ3n) is 3.30. The quantitative estimate of drug-likeness (QED) is 0.942. The Labute approximate surface area is 120 Å². The summed E-state index contributed by atoms with van der Waals surface area (Å²) in [4.78, 5) is 29.6. The van der Waals surface area contributed by atoms with Crippen LogP contribution in [0.2, 0.25) is 0 Å². The normalized spacial score (nSPS) is 15.6. The minimum atomic E-state index is -0.181. The SMILES string of the molecule is O=C(CN1CCCCC1=O)Nc1nc2ccccc2s1. The molecule has 1 aromatic heterocycles. The molecule has 1 fully saturated rings. The van der Waals surface area contributed by atoms with Crippen molar-refractivity contribution in [2.75, 3.05) is 18.4 Å². The number of carbonyl (C=O) groups is 2. The molecular weight excluding hydrogens is 274 g/mol. The molecule has 0 saturated carbocycles. The number of hydrogen-bond acceptors (Lipinski definition) is 4. The van der Waals surface area contributed by atoms with Crippen LogP contribution in [0.25, 0.3) is 10.2 Å². The summed E-state index contributed by atoms with van der Waals surface area (Å²) in [5.74, 6) is -0.116. The van der Waals surface area contributed by atoms with Crippen LogP contribution in [-0.4, -0.2) is 34.8 Å². The summed E-state index contributed by atoms with van der Waals surface area (Å²) in [6, 6.07) is 7.74. The fourth-order valence-electron chi connectivity index (χ4n) is 2.29. The molecule has 104 valence electrons. The molecule has 3 rings (SSSR count). The van der Waals surface area contributed by atoms with Crippen molar-refractivity contribution in [1.29, 1.82) is 0 Å². The van der Waals surface area contributed by atoms with Gasteiger partial charge < -0.3 is 10.2 Å². The molecule has 1 aromatic carbocycles. The van der Waals surface area contributed by atoms with E-state index in [1.54, 1.807) is 4.90 Å². The topological polar surface area (TPSA) is 62.3 Å². The van der Waals surface area contributed by atoms with Crippen LogP contribution >= 0.6 is 11.3 Å². The first kappa shape index (κ1) is 13.1. The van der Waals surface area contributed by atoms with E-state index in [4.69, 9.17) is 0 Å². The predicted molar refractivity (Wildman–Crippen MR) is 78.7 cm³/mol. The van der Waals surface area contributed by atoms with E-state index in [9.17, 15) is 9.59 Å². The van der Waals surface area contributed by atoms with Crippen molar-refractivity contribution in [2.45, 2.75) is 19.3 Å². The maximum atomic E-state index is 12.0. The molecule has 20 heavy (non-hydrogen) atoms. The van der Waals surface area contributed by atoms with Gasteiger partial charge in [0, 0.05) is 13.0 Å². The van der Waals surface area contributed by atoms with Crippen LogP contribution < -0.4 is 5.32 Å². The lowest BCUT2D eigenvalue weighted by molar-refractivity contribution is -0.136. The highest BCUT2D eigenvalue weighted by Gasteiger charge is 2.20. The van der Waals surface area contributed by atoms with E-state index in [1.807, 2.05) is 24.3 Å². The fourth-order valence-corrected chi connectivity index (χ4v) is 3.17. The zero-order chi connectivity index (χ0) is 13.9. The number of piperidine rings is 1. The summed E-state index contributed by atoms with van der Waals surface area (Å²) >= 11 is 1.44. The molecule has 1 aliphatic rings. The van der Waals surface area contributed by atoms with Crippen LogP contribution in [0.1, 0.15) is 19.3 Å². The van der Waals surface area contributed by atoms with E-state index >= 15 is 0 Å². The van der Waals surface area contributed by atoms with E-state index in [-0.39, 0.29) is 18.4 Å². The van der Waals surface area contributed by atoms with E-state index in [1.165, 1.54) is 11.3 Å². The zero-order valence-corrected chi connectivity index (χ0v) is 11.8. The van der Waals surface area contributed by atoms with Gasteiger partial charge >= 0.3 is 0 Å². The number of benzene rings is 1. The van der Waals surface area contributed by atoms with Crippen LogP contribution in [0, 0.1) is 0 Å². The Morgan fingerprint density at radius 1 is 1.35 bits per heavy atom. The van der Waals surface area contributed by atoms with Crippen molar-refractivity contribution in [3.8, 4) is 0 Å². The highest BCUT2D eigenvalue weighted by Crippen LogP contribution is 2.25. The Bertz CT molecular complexity index is 620. The lowest BCUT2D eigenvalue weighted by Gasteiger charge is -2.25. The Balaban J connectivity index is 1.64. The number of rotatable bonds is 3. The lowest BCUT2D eigenvalue weighted by atomic mass is 10.1. The number of para-hydroxylation sites is 1. The molecular formula is C14H15N3O2S. The molecule has 0 aliphatic carbocycles. The summed E-state index contributed by atoms with van der Waals surface area (Å²) in [7, 11) is 0. The standard InChI is InChI=1S/C14H15N3O2S/c18-12(9-17-8-4-3-7-13(17)19)16-14-15-10-5-1-2-6-11(10)20-14/h1-2,5-6H,3-4,7-9H2,(H,15,16,18). The first-order valence-electron chi connectivity index (χ1n) is 6.65. The van der Waals surface area contributed by atoms with Crippen LogP contribution in [0.4, 0.5) is 5.13 Å². The molecule has 0 bridgehead atoms. The number of aromatic nitrogens is 1. The van der Waals surface area contributed by atoms with Gasteiger partial charge in [-0.2, -0.15) is 0 Å². The molecule has 0 unspecified atom stereocenters. The van der Waals surface area contributed by atoms with Gasteiger partial charge in [-0.3, -0.25) is 9.59 Å². The minimum absolute atomic E-state index is 0.0655. The number of hydrogen-bond donors (Lipinski definition) is 1. The molecule has 1 aliphatic heterocycles. The van der Waals surface area contributed by atoms with Gasteiger partial charge in [-0.25, -0.2) is 4.98 Å². The lowest BCUT2D eigenvalue weighted by Crippen LogP contribution is -2.40. The molecule has 6 heteroatoms. The molecule has 1 saturated heterocycles. The maximum absolute atomic E-state index is 12.0. The summed E-state index contributed by atoms with van der Waals surface area (Å²) in [5.41, 5.74) is 0.877. The van der Waals surface area contributed by atoms with Gasteiger partial charge in [0.05, 0.1) is 16.8 Å². The van der Waals surface area contributed by atoms with Gasteiger partial charge in [-0.15, -0.1) is 0 Å². The molecule has 2 heterocycles. The Morgan fingerprint density at radius 3 is 3.00 bits per heavy atom. The summed E-state index contributed by atoms with van der Waals surface area (Å²) < 4.78 is 1.04. The van der Waals surface area contributed by atoms with Gasteiger partial charge in [0.25, 0.3) is 0 Å². The monoisotopic (exact) mass is 289 g/mol. The third kappa shape index (κ3) is 2.80. The summed E-state index contributed by atoms with van der Waals surface area (Å²) in [5, 5.41) is 3.36. The number of anilines is 1. The van der Waals surface area contributed by atoms with E-state index < -0.39 is 0 Å². The number of amides is 2. The number of thiazole rings is 1. The van der Waals surface area contributed by atoms with Crippen molar-refractivity contribution >= 4 is 38.5 Å². The first-order chi connectivity index (χ1) is 9.72. The number of nitrogens with one attached hydrogen (secondary N) is 1. The molecule has 0 spiro atoms. The largest absolute Gasteiger partial charge is 0.333 e. The Morgan fingerprint density at radius 2 is 2.20 bits per heavy atom. The highest BCUT2D eigenvalue weighted by atomic mass is 32.1. The second-order valence-corrected chi connectivity index (χ2v) is 5.84. The molecule has 0 atom stereocenters. The van der Waals surface area contributed by atoms with Crippen molar-refractivity contribution in [1.82, 2.24) is 9.88 Å². The molecule has 2 amide bonds. The van der Waals surface area contributed by atoms with Crippen LogP contribution in [0.3, 0.4) is 0 Å². The number of carbonyl (C=O) groups excluding carboxylic acids is 2. The van der Waals surface area contributed by atoms with E-state index in [2.05, 4.69) is 10.3 Å². The number of nitrogens with zero attached hydrogens (tertiary/aromatic N) is 2. The van der Waals surface area contributed by atoms with Gasteiger partial charge in [0.1, 0.15) is 0 Å². The zero-order valence-electron chi connectivity index (χ0n) is 11.0. The van der Waals surface area contributed by atoms with Crippen molar-refractivity contribution in [3.63, 3.8) is 0 Å². The van der Waals surface area contributed by atoms with Crippen LogP contribution in [0.5, 0.6) is 0 Å². The summed E-state index contributed by atoms with van der Waals surface area (Å²) in [6.07, 6.45) is 2.45. The van der Waals surface area contributed by atoms with Crippen molar-refractivity contribution in [3.05, 3.63) is 24.3 Å². The van der Waals surface area contributed by atoms with Crippen LogP contribution in [-0.2, 0) is 9.59 Å². The van der Waals surface area contributed by atoms with Crippen molar-refractivity contribution < 1.29 is 9.59 Å². The predicted octanol–water partition coefficient (Wildman–Crippen LogP) is 2.25. The van der Waals surface area contributed by atoms with E-state index in [0.29, 0.717) is 18.1 Å². The number of likely N-dealkylation sites (tertiary alicyclic amines) is 1. The fraction of sp³-hybridized carbons (Fsp3) is 0.357. The molecule has 2 aromatic rings. The Hall–Kier alpha value is -1.95. The van der Waals surface area contributed by atoms with Gasteiger partial charge in [0.15, 0.2) is 5.13 Å². The Kier molecular flexibility index (Phi) is 3.64. The average Bonchev–Trinajstić information content (AvgIpc) is 2.83. The minimum Gasteiger partial charge on any atom is -0.333 e. The second-order valence-electron chi connectivity index (χ2n) is 4.81. The first-order valence-corrected chi connectivity index (χ1v) is 7.47. The van der Waals surface area contributed by atoms with Gasteiger partial charge in [0.2, 0.25) is 11.8 Å². The van der Waals surface area contributed by atoms with Crippen molar-refractivity contribution in [2.24, 2.45) is 0 Å². The molecule has 0 radical (unpaired) electrons. The number of fused-ring (bicyclic) bond motifs is 1. The molecule has 5 nitrogen and oxygen atoms in total. The van der Waals surface area contributed by atoms with Gasteiger partial charge in [-0.05, 0) is 25.0 Å². The molecule has 1 N–H and O–H groups in total.